The van der Waals surface area contributed by atoms with E-state index in [1.807, 2.05) is 36.4 Å². The molecule has 0 atom stereocenters. The van der Waals surface area contributed by atoms with Gasteiger partial charge in [0.1, 0.15) is 5.75 Å². The van der Waals surface area contributed by atoms with Gasteiger partial charge in [-0.2, -0.15) is 0 Å². The lowest BCUT2D eigenvalue weighted by molar-refractivity contribution is 0.0701. The second kappa shape index (κ2) is 7.07. The number of halogens is 1. The maximum atomic E-state index is 12.0. The molecule has 5 heteroatoms. The number of hydrogen-bond donors (Lipinski definition) is 0. The van der Waals surface area contributed by atoms with E-state index >= 15 is 0 Å². The molecule has 2 aromatic carbocycles. The molecule has 0 spiro atoms. The average molecular weight is 370 g/mol. The number of benzene rings is 2. The van der Waals surface area contributed by atoms with Gasteiger partial charge < -0.3 is 9.15 Å². The van der Waals surface area contributed by atoms with Gasteiger partial charge in [-0.3, -0.25) is 4.99 Å². The molecule has 3 aromatic rings. The summed E-state index contributed by atoms with van der Waals surface area (Å²) in [7, 11) is 0. The van der Waals surface area contributed by atoms with E-state index in [-0.39, 0.29) is 5.76 Å². The molecular weight excluding hydrogens is 358 g/mol. The van der Waals surface area contributed by atoms with Gasteiger partial charge in [-0.15, -0.1) is 0 Å². The van der Waals surface area contributed by atoms with Crippen LogP contribution in [0.15, 0.2) is 80.8 Å². The first-order chi connectivity index (χ1) is 11.2. The number of hydrogen-bond acceptors (Lipinski definition) is 4. The number of rotatable bonds is 4. The van der Waals surface area contributed by atoms with Crippen LogP contribution in [0.4, 0.5) is 5.69 Å². The lowest BCUT2D eigenvalue weighted by Gasteiger charge is -2.05. The molecule has 0 N–H and O–H groups in total. The molecule has 23 heavy (non-hydrogen) atoms. The van der Waals surface area contributed by atoms with Crippen LogP contribution in [0, 0.1) is 0 Å². The van der Waals surface area contributed by atoms with Gasteiger partial charge in [-0.1, -0.05) is 28.1 Å². The Morgan fingerprint density at radius 3 is 2.57 bits per heavy atom. The molecule has 0 aliphatic carbocycles. The SMILES string of the molecule is O=C(Oc1ccccc1C=Nc1ccc(Br)cc1)c1ccco1. The predicted octanol–water partition coefficient (Wildman–Crippen LogP) is 5.01. The van der Waals surface area contributed by atoms with Gasteiger partial charge in [0.2, 0.25) is 5.76 Å². The molecule has 3 rings (SSSR count). The normalized spacial score (nSPS) is 10.8. The maximum Gasteiger partial charge on any atom is 0.379 e. The largest absolute Gasteiger partial charge is 0.457 e. The van der Waals surface area contributed by atoms with Crippen molar-refractivity contribution in [3.05, 3.63) is 82.7 Å². The minimum Gasteiger partial charge on any atom is -0.457 e. The Bertz CT molecular complexity index is 824. The molecule has 0 fully saturated rings. The summed E-state index contributed by atoms with van der Waals surface area (Å²) in [5, 5.41) is 0. The number of carbonyl (C=O) groups is 1. The molecule has 114 valence electrons. The molecular formula is C18H12BrNO3. The summed E-state index contributed by atoms with van der Waals surface area (Å²) in [5.74, 6) is 0.0407. The summed E-state index contributed by atoms with van der Waals surface area (Å²) in [6, 6.07) is 18.0. The Morgan fingerprint density at radius 2 is 1.83 bits per heavy atom. The van der Waals surface area contributed by atoms with Crippen molar-refractivity contribution in [3.63, 3.8) is 0 Å². The van der Waals surface area contributed by atoms with E-state index in [0.717, 1.165) is 10.2 Å². The van der Waals surface area contributed by atoms with Crippen molar-refractivity contribution in [1.82, 2.24) is 0 Å². The summed E-state index contributed by atoms with van der Waals surface area (Å²) >= 11 is 3.38. The Balaban J connectivity index is 1.80. The fourth-order valence-corrected chi connectivity index (χ4v) is 2.16. The highest BCUT2D eigenvalue weighted by molar-refractivity contribution is 9.10. The van der Waals surface area contributed by atoms with E-state index < -0.39 is 5.97 Å². The molecule has 1 aromatic heterocycles. The zero-order valence-corrected chi connectivity index (χ0v) is 13.6. The lowest BCUT2D eigenvalue weighted by atomic mass is 10.2. The van der Waals surface area contributed by atoms with Crippen molar-refractivity contribution in [2.75, 3.05) is 0 Å². The van der Waals surface area contributed by atoms with Gasteiger partial charge in [0, 0.05) is 16.3 Å². The van der Waals surface area contributed by atoms with Crippen LogP contribution in [-0.2, 0) is 0 Å². The molecule has 0 amide bonds. The van der Waals surface area contributed by atoms with Crippen LogP contribution in [0.5, 0.6) is 5.75 Å². The number of furan rings is 1. The van der Waals surface area contributed by atoms with E-state index in [1.54, 1.807) is 30.5 Å². The van der Waals surface area contributed by atoms with Crippen LogP contribution in [-0.4, -0.2) is 12.2 Å². The number of nitrogens with zero attached hydrogens (tertiary/aromatic N) is 1. The van der Waals surface area contributed by atoms with E-state index in [4.69, 9.17) is 9.15 Å². The third-order valence-corrected chi connectivity index (χ3v) is 3.55. The van der Waals surface area contributed by atoms with Gasteiger partial charge in [-0.25, -0.2) is 4.79 Å². The number of carbonyl (C=O) groups excluding carboxylic acids is 1. The number of ether oxygens (including phenoxy) is 1. The topological polar surface area (TPSA) is 51.8 Å². The highest BCUT2D eigenvalue weighted by Crippen LogP contribution is 2.20. The number of aliphatic imine (C=N–C) groups is 1. The summed E-state index contributed by atoms with van der Waals surface area (Å²) in [4.78, 5) is 16.4. The highest BCUT2D eigenvalue weighted by Gasteiger charge is 2.13. The van der Waals surface area contributed by atoms with E-state index in [0.29, 0.717) is 11.3 Å². The summed E-state index contributed by atoms with van der Waals surface area (Å²) < 4.78 is 11.4. The van der Waals surface area contributed by atoms with E-state index in [2.05, 4.69) is 20.9 Å². The van der Waals surface area contributed by atoms with Crippen molar-refractivity contribution < 1.29 is 13.9 Å². The minimum atomic E-state index is -0.542. The molecule has 1 heterocycles. The molecule has 0 saturated carbocycles. The molecule has 0 unspecified atom stereocenters. The first-order valence-electron chi connectivity index (χ1n) is 6.87. The Hall–Kier alpha value is -2.66. The van der Waals surface area contributed by atoms with Crippen LogP contribution in [0.2, 0.25) is 0 Å². The van der Waals surface area contributed by atoms with Crippen molar-refractivity contribution in [1.29, 1.82) is 0 Å². The van der Waals surface area contributed by atoms with Crippen LogP contribution in [0.25, 0.3) is 0 Å². The van der Waals surface area contributed by atoms with Crippen LogP contribution in [0.1, 0.15) is 16.1 Å². The molecule has 0 bridgehead atoms. The van der Waals surface area contributed by atoms with Crippen LogP contribution < -0.4 is 4.74 Å². The van der Waals surface area contributed by atoms with Crippen molar-refractivity contribution in [2.45, 2.75) is 0 Å². The minimum absolute atomic E-state index is 0.157. The molecule has 0 aliphatic heterocycles. The van der Waals surface area contributed by atoms with Crippen molar-refractivity contribution in [3.8, 4) is 5.75 Å². The van der Waals surface area contributed by atoms with Gasteiger partial charge in [-0.05, 0) is 48.5 Å². The van der Waals surface area contributed by atoms with Crippen molar-refractivity contribution >= 4 is 33.8 Å². The smallest absolute Gasteiger partial charge is 0.379 e. The fourth-order valence-electron chi connectivity index (χ4n) is 1.90. The summed E-state index contributed by atoms with van der Waals surface area (Å²) in [6.07, 6.45) is 3.09. The Labute approximate surface area is 141 Å². The lowest BCUT2D eigenvalue weighted by Crippen LogP contribution is -2.08. The Morgan fingerprint density at radius 1 is 1.04 bits per heavy atom. The number of esters is 1. The number of para-hydroxylation sites is 1. The second-order valence-corrected chi connectivity index (χ2v) is 5.55. The average Bonchev–Trinajstić information content (AvgIpc) is 3.10. The van der Waals surface area contributed by atoms with Gasteiger partial charge in [0.05, 0.1) is 12.0 Å². The fraction of sp³-hybridized carbons (Fsp3) is 0. The monoisotopic (exact) mass is 369 g/mol. The standard InChI is InChI=1S/C18H12BrNO3/c19-14-7-9-15(10-8-14)20-12-13-4-1-2-5-16(13)23-18(21)17-6-3-11-22-17/h1-12H. The maximum absolute atomic E-state index is 12.0. The Kier molecular flexibility index (Phi) is 4.68. The van der Waals surface area contributed by atoms with Gasteiger partial charge >= 0.3 is 5.97 Å². The second-order valence-electron chi connectivity index (χ2n) is 4.64. The van der Waals surface area contributed by atoms with Crippen LogP contribution >= 0.6 is 15.9 Å². The third kappa shape index (κ3) is 3.96. The first kappa shape index (κ1) is 15.2. The molecule has 0 radical (unpaired) electrons. The first-order valence-corrected chi connectivity index (χ1v) is 7.66. The summed E-state index contributed by atoms with van der Waals surface area (Å²) in [5.41, 5.74) is 1.51. The zero-order chi connectivity index (χ0) is 16.1. The van der Waals surface area contributed by atoms with Crippen LogP contribution in [0.3, 0.4) is 0 Å². The molecule has 0 saturated heterocycles. The predicted molar refractivity (Wildman–Crippen MR) is 91.5 cm³/mol. The molecule has 4 nitrogen and oxygen atoms in total. The van der Waals surface area contributed by atoms with Crippen molar-refractivity contribution in [2.24, 2.45) is 4.99 Å². The van der Waals surface area contributed by atoms with E-state index in [1.165, 1.54) is 6.26 Å². The highest BCUT2D eigenvalue weighted by atomic mass is 79.9. The van der Waals surface area contributed by atoms with Gasteiger partial charge in [0.25, 0.3) is 0 Å². The zero-order valence-electron chi connectivity index (χ0n) is 12.0. The third-order valence-electron chi connectivity index (χ3n) is 3.02. The summed E-state index contributed by atoms with van der Waals surface area (Å²) in [6.45, 7) is 0. The van der Waals surface area contributed by atoms with E-state index in [9.17, 15) is 4.79 Å². The quantitative estimate of drug-likeness (QED) is 0.368. The van der Waals surface area contributed by atoms with Gasteiger partial charge in [0.15, 0.2) is 0 Å². The molecule has 0 aliphatic rings.